The fourth-order valence-electron chi connectivity index (χ4n) is 3.93. The molecule has 1 heterocycles. The van der Waals surface area contributed by atoms with E-state index in [9.17, 15) is 13.2 Å². The SMILES string of the molecule is CCCC1CCC(N2CCS(=O)(=O)CC2CC(=O)O)CC1. The average molecular weight is 317 g/mol. The van der Waals surface area contributed by atoms with Crippen LogP contribution in [0.3, 0.4) is 0 Å². The first-order valence-corrected chi connectivity index (χ1v) is 9.91. The van der Waals surface area contributed by atoms with Crippen molar-refractivity contribution in [3.8, 4) is 0 Å². The van der Waals surface area contributed by atoms with E-state index < -0.39 is 15.8 Å². The summed E-state index contributed by atoms with van der Waals surface area (Å²) in [4.78, 5) is 13.2. The van der Waals surface area contributed by atoms with Gasteiger partial charge in [0.1, 0.15) is 0 Å². The molecule has 1 aliphatic heterocycles. The van der Waals surface area contributed by atoms with E-state index >= 15 is 0 Å². The Bertz CT molecular complexity index is 454. The van der Waals surface area contributed by atoms with Crippen LogP contribution in [-0.2, 0) is 14.6 Å². The number of carboxylic acid groups (broad SMARTS) is 1. The predicted octanol–water partition coefficient (Wildman–Crippen LogP) is 1.92. The lowest BCUT2D eigenvalue weighted by Crippen LogP contribution is -2.54. The van der Waals surface area contributed by atoms with Gasteiger partial charge in [-0.2, -0.15) is 0 Å². The lowest BCUT2D eigenvalue weighted by atomic mass is 9.82. The fraction of sp³-hybridized carbons (Fsp3) is 0.933. The molecule has 6 heteroatoms. The highest BCUT2D eigenvalue weighted by molar-refractivity contribution is 7.91. The molecule has 0 aromatic carbocycles. The normalized spacial score (nSPS) is 33.7. The third-order valence-electron chi connectivity index (χ3n) is 4.97. The van der Waals surface area contributed by atoms with Crippen LogP contribution in [0.25, 0.3) is 0 Å². The van der Waals surface area contributed by atoms with Gasteiger partial charge in [-0.3, -0.25) is 9.69 Å². The zero-order chi connectivity index (χ0) is 15.5. The molecule has 1 N–H and O–H groups in total. The second-order valence-electron chi connectivity index (χ2n) is 6.57. The van der Waals surface area contributed by atoms with Crippen LogP contribution in [-0.4, -0.2) is 54.5 Å². The number of rotatable bonds is 5. The molecule has 0 spiro atoms. The van der Waals surface area contributed by atoms with Gasteiger partial charge in [-0.05, 0) is 31.6 Å². The summed E-state index contributed by atoms with van der Waals surface area (Å²) in [7, 11) is -3.07. The van der Waals surface area contributed by atoms with E-state index in [1.165, 1.54) is 25.7 Å². The standard InChI is InChI=1S/C15H27NO4S/c1-2-3-12-4-6-13(7-5-12)16-8-9-21(19,20)11-14(16)10-15(17)18/h12-14H,2-11H2,1H3,(H,17,18). The Morgan fingerprint density at radius 3 is 2.48 bits per heavy atom. The Hall–Kier alpha value is -0.620. The van der Waals surface area contributed by atoms with E-state index in [0.717, 1.165) is 18.8 Å². The minimum Gasteiger partial charge on any atom is -0.481 e. The number of hydrogen-bond donors (Lipinski definition) is 1. The molecule has 2 aliphatic rings. The van der Waals surface area contributed by atoms with Crippen LogP contribution in [0.1, 0.15) is 51.9 Å². The van der Waals surface area contributed by atoms with Crippen LogP contribution in [0.15, 0.2) is 0 Å². The number of carbonyl (C=O) groups is 1. The van der Waals surface area contributed by atoms with Crippen LogP contribution < -0.4 is 0 Å². The molecule has 0 aromatic heterocycles. The van der Waals surface area contributed by atoms with Crippen molar-refractivity contribution in [3.05, 3.63) is 0 Å². The van der Waals surface area contributed by atoms with Gasteiger partial charge in [-0.25, -0.2) is 8.42 Å². The topological polar surface area (TPSA) is 74.7 Å². The maximum absolute atomic E-state index is 11.8. The van der Waals surface area contributed by atoms with Gasteiger partial charge in [-0.15, -0.1) is 0 Å². The third kappa shape index (κ3) is 4.68. The summed E-state index contributed by atoms with van der Waals surface area (Å²) < 4.78 is 23.6. The fourth-order valence-corrected chi connectivity index (χ4v) is 5.48. The Kier molecular flexibility index (Phi) is 5.66. The summed E-state index contributed by atoms with van der Waals surface area (Å²) in [6.07, 6.45) is 7.00. The van der Waals surface area contributed by atoms with Crippen molar-refractivity contribution in [3.63, 3.8) is 0 Å². The highest BCUT2D eigenvalue weighted by atomic mass is 32.2. The predicted molar refractivity (Wildman–Crippen MR) is 82.1 cm³/mol. The molecule has 1 atom stereocenters. The summed E-state index contributed by atoms with van der Waals surface area (Å²) in [5.74, 6) is 0.0890. The molecule has 1 aliphatic carbocycles. The van der Waals surface area contributed by atoms with Gasteiger partial charge in [0.05, 0.1) is 17.9 Å². The molecule has 0 bridgehead atoms. The molecule has 5 nitrogen and oxygen atoms in total. The quantitative estimate of drug-likeness (QED) is 0.838. The van der Waals surface area contributed by atoms with E-state index in [0.29, 0.717) is 12.6 Å². The monoisotopic (exact) mass is 317 g/mol. The number of aliphatic carboxylic acids is 1. The molecule has 122 valence electrons. The minimum atomic E-state index is -3.07. The lowest BCUT2D eigenvalue weighted by Gasteiger charge is -2.43. The van der Waals surface area contributed by atoms with Crippen LogP contribution in [0, 0.1) is 5.92 Å². The number of hydrogen-bond acceptors (Lipinski definition) is 4. The smallest absolute Gasteiger partial charge is 0.304 e. The molecule has 2 rings (SSSR count). The summed E-state index contributed by atoms with van der Waals surface area (Å²) in [5, 5.41) is 9.04. The molecule has 2 fully saturated rings. The molecular weight excluding hydrogens is 290 g/mol. The van der Waals surface area contributed by atoms with Crippen LogP contribution >= 0.6 is 0 Å². The van der Waals surface area contributed by atoms with E-state index in [2.05, 4.69) is 11.8 Å². The maximum atomic E-state index is 11.8. The van der Waals surface area contributed by atoms with Crippen molar-refractivity contribution in [2.75, 3.05) is 18.1 Å². The van der Waals surface area contributed by atoms with Crippen molar-refractivity contribution < 1.29 is 18.3 Å². The highest BCUT2D eigenvalue weighted by Gasteiger charge is 2.37. The maximum Gasteiger partial charge on any atom is 0.304 e. The number of carboxylic acids is 1. The average Bonchev–Trinajstić information content (AvgIpc) is 2.39. The second kappa shape index (κ2) is 7.09. The molecule has 0 radical (unpaired) electrons. The highest BCUT2D eigenvalue weighted by Crippen LogP contribution is 2.32. The Balaban J connectivity index is 1.98. The summed E-state index contributed by atoms with van der Waals surface area (Å²) >= 11 is 0. The van der Waals surface area contributed by atoms with Crippen molar-refractivity contribution in [2.24, 2.45) is 5.92 Å². The van der Waals surface area contributed by atoms with Gasteiger partial charge in [-0.1, -0.05) is 19.8 Å². The molecule has 21 heavy (non-hydrogen) atoms. The summed E-state index contributed by atoms with van der Waals surface area (Å²) in [6.45, 7) is 2.72. The van der Waals surface area contributed by atoms with Crippen molar-refractivity contribution in [1.29, 1.82) is 0 Å². The molecule has 0 amide bonds. The number of nitrogens with zero attached hydrogens (tertiary/aromatic N) is 1. The molecule has 0 aromatic rings. The van der Waals surface area contributed by atoms with E-state index in [1.54, 1.807) is 0 Å². The number of sulfone groups is 1. The zero-order valence-electron chi connectivity index (χ0n) is 12.8. The Morgan fingerprint density at radius 2 is 1.90 bits per heavy atom. The zero-order valence-corrected chi connectivity index (χ0v) is 13.6. The van der Waals surface area contributed by atoms with Crippen molar-refractivity contribution in [1.82, 2.24) is 4.90 Å². The summed E-state index contributed by atoms with van der Waals surface area (Å²) in [5.41, 5.74) is 0. The molecule has 1 unspecified atom stereocenters. The summed E-state index contributed by atoms with van der Waals surface area (Å²) in [6, 6.07) is 0.0342. The second-order valence-corrected chi connectivity index (χ2v) is 8.80. The molecule has 1 saturated carbocycles. The first kappa shape index (κ1) is 16.7. The van der Waals surface area contributed by atoms with Gasteiger partial charge >= 0.3 is 5.97 Å². The van der Waals surface area contributed by atoms with Crippen LogP contribution in [0.5, 0.6) is 0 Å². The Morgan fingerprint density at radius 1 is 1.24 bits per heavy atom. The van der Waals surface area contributed by atoms with E-state index in [4.69, 9.17) is 5.11 Å². The van der Waals surface area contributed by atoms with Crippen LogP contribution in [0.2, 0.25) is 0 Å². The van der Waals surface area contributed by atoms with Gasteiger partial charge in [0.15, 0.2) is 9.84 Å². The Labute approximate surface area is 127 Å². The largest absolute Gasteiger partial charge is 0.481 e. The third-order valence-corrected chi connectivity index (χ3v) is 6.67. The van der Waals surface area contributed by atoms with Crippen molar-refractivity contribution >= 4 is 15.8 Å². The van der Waals surface area contributed by atoms with Gasteiger partial charge < -0.3 is 5.11 Å². The molecule has 1 saturated heterocycles. The first-order valence-electron chi connectivity index (χ1n) is 8.09. The van der Waals surface area contributed by atoms with Crippen molar-refractivity contribution in [2.45, 2.75) is 64.0 Å². The van der Waals surface area contributed by atoms with Crippen LogP contribution in [0.4, 0.5) is 0 Å². The van der Waals surface area contributed by atoms with E-state index in [1.807, 2.05) is 0 Å². The minimum absolute atomic E-state index is 0.00812. The van der Waals surface area contributed by atoms with Gasteiger partial charge in [0.2, 0.25) is 0 Å². The van der Waals surface area contributed by atoms with Gasteiger partial charge in [0, 0.05) is 18.6 Å². The van der Waals surface area contributed by atoms with E-state index in [-0.39, 0.29) is 24.0 Å². The van der Waals surface area contributed by atoms with Gasteiger partial charge in [0.25, 0.3) is 0 Å². The first-order chi connectivity index (χ1) is 9.91. The molecular formula is C15H27NO4S. The lowest BCUT2D eigenvalue weighted by molar-refractivity contribution is -0.138.